The SMILES string of the molecule is NS(=O)(=O)c1ccc(NC(=O)Cn2c3c(sc2=O)C(c2ccc(Br)cc2)C2C(=O)N(c4ccc(Cl)cc4)C(=O)C2S3)cc1. The molecule has 0 saturated carbocycles. The number of fused-ring (bicyclic) bond motifs is 2. The molecule has 1 fully saturated rings. The van der Waals surface area contributed by atoms with Crippen molar-refractivity contribution >= 4 is 89.7 Å². The smallest absolute Gasteiger partial charge is 0.308 e. The van der Waals surface area contributed by atoms with Crippen LogP contribution in [-0.2, 0) is 31.0 Å². The number of thiazole rings is 1. The number of nitrogens with one attached hydrogen (secondary N) is 1. The van der Waals surface area contributed by atoms with Crippen LogP contribution in [0.4, 0.5) is 11.4 Å². The number of nitrogens with zero attached hydrogens (tertiary/aromatic N) is 2. The maximum atomic E-state index is 13.9. The van der Waals surface area contributed by atoms with Crippen LogP contribution in [0, 0.1) is 5.92 Å². The van der Waals surface area contributed by atoms with E-state index in [1.54, 1.807) is 24.3 Å². The van der Waals surface area contributed by atoms with Gasteiger partial charge in [-0.05, 0) is 66.2 Å². The van der Waals surface area contributed by atoms with Crippen LogP contribution in [0.25, 0.3) is 0 Å². The normalized spacial score (nSPS) is 19.7. The number of aromatic nitrogens is 1. The van der Waals surface area contributed by atoms with Crippen molar-refractivity contribution in [1.82, 2.24) is 4.57 Å². The first kappa shape index (κ1) is 29.8. The number of nitrogens with two attached hydrogens (primary N) is 1. The predicted octanol–water partition coefficient (Wildman–Crippen LogP) is 4.41. The van der Waals surface area contributed by atoms with Crippen LogP contribution < -0.4 is 20.2 Å². The number of amides is 3. The third kappa shape index (κ3) is 5.58. The lowest BCUT2D eigenvalue weighted by Gasteiger charge is -2.30. The molecule has 10 nitrogen and oxygen atoms in total. The Bertz CT molecular complexity index is 1940. The van der Waals surface area contributed by atoms with Crippen LogP contribution in [0.1, 0.15) is 16.4 Å². The second kappa shape index (κ2) is 11.3. The summed E-state index contributed by atoms with van der Waals surface area (Å²) in [5, 5.41) is 7.86. The van der Waals surface area contributed by atoms with Crippen molar-refractivity contribution in [3.63, 3.8) is 0 Å². The van der Waals surface area contributed by atoms with Crippen LogP contribution >= 0.6 is 50.6 Å². The number of thioether (sulfide) groups is 1. The molecule has 3 aromatic carbocycles. The second-order valence-electron chi connectivity index (χ2n) is 9.82. The molecule has 1 aromatic heterocycles. The number of carbonyl (C=O) groups excluding carboxylic acids is 3. The molecule has 3 atom stereocenters. The zero-order valence-electron chi connectivity index (χ0n) is 21.8. The van der Waals surface area contributed by atoms with Gasteiger partial charge in [-0.25, -0.2) is 18.5 Å². The number of sulfonamides is 1. The Morgan fingerprint density at radius 3 is 2.23 bits per heavy atom. The van der Waals surface area contributed by atoms with Crippen LogP contribution in [0.15, 0.2) is 92.0 Å². The van der Waals surface area contributed by atoms with E-state index in [1.165, 1.54) is 33.7 Å². The Kier molecular flexibility index (Phi) is 7.85. The minimum atomic E-state index is -3.90. The summed E-state index contributed by atoms with van der Waals surface area (Å²) in [6, 6.07) is 19.1. The first-order valence-corrected chi connectivity index (χ1v) is 17.1. The summed E-state index contributed by atoms with van der Waals surface area (Å²) < 4.78 is 25.2. The van der Waals surface area contributed by atoms with Crippen LogP contribution in [-0.4, -0.2) is 36.0 Å². The van der Waals surface area contributed by atoms with Gasteiger partial charge in [-0.2, -0.15) is 0 Å². The summed E-state index contributed by atoms with van der Waals surface area (Å²) in [7, 11) is -3.90. The fraction of sp³-hybridized carbons (Fsp3) is 0.143. The van der Waals surface area contributed by atoms with Gasteiger partial charge < -0.3 is 5.32 Å². The first-order valence-electron chi connectivity index (χ1n) is 12.6. The standard InChI is InChI=1S/C28H20BrClN4O6S3/c29-15-3-1-14(2-4-15)21-22-23(26(37)34(25(22)36)18-9-5-16(30)6-10-18)41-27-24(21)42-28(38)33(27)13-20(35)32-17-7-11-19(12-8-17)43(31,39)40/h1-12,21-23H,13H2,(H,32,35)(H2,31,39,40). The van der Waals surface area contributed by atoms with E-state index >= 15 is 0 Å². The number of imide groups is 1. The van der Waals surface area contributed by atoms with Gasteiger partial charge in [0.15, 0.2) is 0 Å². The van der Waals surface area contributed by atoms with Gasteiger partial charge in [-0.3, -0.25) is 23.7 Å². The van der Waals surface area contributed by atoms with E-state index in [1.807, 2.05) is 24.3 Å². The summed E-state index contributed by atoms with van der Waals surface area (Å²) in [4.78, 5) is 55.3. The van der Waals surface area contributed by atoms with Gasteiger partial charge in [0.2, 0.25) is 27.7 Å². The summed E-state index contributed by atoms with van der Waals surface area (Å²) in [5.74, 6) is -2.71. The molecule has 15 heteroatoms. The molecule has 2 aliphatic rings. The van der Waals surface area contributed by atoms with Crippen molar-refractivity contribution in [2.45, 2.75) is 27.6 Å². The van der Waals surface area contributed by atoms with Gasteiger partial charge in [-0.1, -0.05) is 62.8 Å². The number of benzene rings is 3. The molecule has 220 valence electrons. The Balaban J connectivity index is 1.36. The molecular weight excluding hydrogens is 700 g/mol. The monoisotopic (exact) mass is 718 g/mol. The Hall–Kier alpha value is -3.27. The molecule has 0 spiro atoms. The van der Waals surface area contributed by atoms with Crippen LogP contribution in [0.2, 0.25) is 5.02 Å². The van der Waals surface area contributed by atoms with Crippen molar-refractivity contribution in [1.29, 1.82) is 0 Å². The van der Waals surface area contributed by atoms with E-state index in [2.05, 4.69) is 21.2 Å². The molecule has 3 unspecified atom stereocenters. The van der Waals surface area contributed by atoms with Crippen molar-refractivity contribution in [2.24, 2.45) is 11.1 Å². The van der Waals surface area contributed by atoms with Crippen molar-refractivity contribution in [3.8, 4) is 0 Å². The highest BCUT2D eigenvalue weighted by atomic mass is 79.9. The van der Waals surface area contributed by atoms with Gasteiger partial charge in [-0.15, -0.1) is 0 Å². The first-order chi connectivity index (χ1) is 20.4. The number of hydrogen-bond acceptors (Lipinski definition) is 8. The molecule has 0 radical (unpaired) electrons. The lowest BCUT2D eigenvalue weighted by atomic mass is 9.83. The van der Waals surface area contributed by atoms with Gasteiger partial charge in [0.1, 0.15) is 11.8 Å². The van der Waals surface area contributed by atoms with E-state index in [-0.39, 0.29) is 17.3 Å². The molecule has 3 heterocycles. The molecule has 6 rings (SSSR count). The molecule has 4 aromatic rings. The van der Waals surface area contributed by atoms with Crippen LogP contribution in [0.3, 0.4) is 0 Å². The Morgan fingerprint density at radius 1 is 0.953 bits per heavy atom. The third-order valence-corrected chi connectivity index (χ3v) is 11.4. The van der Waals surface area contributed by atoms with Gasteiger partial charge in [0, 0.05) is 26.0 Å². The van der Waals surface area contributed by atoms with Gasteiger partial charge in [0.25, 0.3) is 0 Å². The third-order valence-electron chi connectivity index (χ3n) is 7.13. The summed E-state index contributed by atoms with van der Waals surface area (Å²) >= 11 is 11.5. The molecule has 43 heavy (non-hydrogen) atoms. The number of halogens is 2. The molecule has 2 aliphatic heterocycles. The predicted molar refractivity (Wildman–Crippen MR) is 168 cm³/mol. The van der Waals surface area contributed by atoms with Gasteiger partial charge >= 0.3 is 4.87 Å². The average Bonchev–Trinajstić information content (AvgIpc) is 3.40. The number of rotatable bonds is 6. The lowest BCUT2D eigenvalue weighted by Crippen LogP contribution is -2.33. The van der Waals surface area contributed by atoms with E-state index < -0.39 is 43.8 Å². The fourth-order valence-electron chi connectivity index (χ4n) is 5.20. The fourth-order valence-corrected chi connectivity index (χ4v) is 8.88. The maximum Gasteiger partial charge on any atom is 0.308 e. The van der Waals surface area contributed by atoms with E-state index in [0.717, 1.165) is 33.1 Å². The Morgan fingerprint density at radius 2 is 1.60 bits per heavy atom. The number of hydrogen-bond donors (Lipinski definition) is 2. The summed E-state index contributed by atoms with van der Waals surface area (Å²) in [6.45, 7) is -0.359. The number of primary sulfonamides is 1. The van der Waals surface area contributed by atoms with Crippen molar-refractivity contribution < 1.29 is 22.8 Å². The maximum absolute atomic E-state index is 13.9. The molecule has 1 saturated heterocycles. The van der Waals surface area contributed by atoms with E-state index in [4.69, 9.17) is 16.7 Å². The zero-order chi connectivity index (χ0) is 30.6. The van der Waals surface area contributed by atoms with Gasteiger partial charge in [0.05, 0.1) is 21.5 Å². The quantitative estimate of drug-likeness (QED) is 0.281. The molecule has 0 bridgehead atoms. The second-order valence-corrected chi connectivity index (χ2v) is 14.9. The Labute approximate surface area is 267 Å². The molecule has 3 N–H and O–H groups in total. The molecule has 3 amide bonds. The lowest BCUT2D eigenvalue weighted by molar-refractivity contribution is -0.122. The van der Waals surface area contributed by atoms with Crippen LogP contribution in [0.5, 0.6) is 0 Å². The van der Waals surface area contributed by atoms with Crippen molar-refractivity contribution in [2.75, 3.05) is 10.2 Å². The molecular formula is C28H20BrClN4O6S3. The van der Waals surface area contributed by atoms with Crippen molar-refractivity contribution in [3.05, 3.63) is 102 Å². The average molecular weight is 720 g/mol. The topological polar surface area (TPSA) is 149 Å². The zero-order valence-corrected chi connectivity index (χ0v) is 26.6. The minimum absolute atomic E-state index is 0.109. The minimum Gasteiger partial charge on any atom is -0.325 e. The van der Waals surface area contributed by atoms with E-state index in [0.29, 0.717) is 26.3 Å². The summed E-state index contributed by atoms with van der Waals surface area (Å²) in [6.07, 6.45) is 0. The molecule has 0 aliphatic carbocycles. The summed E-state index contributed by atoms with van der Waals surface area (Å²) in [5.41, 5.74) is 1.47. The van der Waals surface area contributed by atoms with E-state index in [9.17, 15) is 27.6 Å². The number of anilines is 2. The highest BCUT2D eigenvalue weighted by Crippen LogP contribution is 2.54. The highest BCUT2D eigenvalue weighted by molar-refractivity contribution is 9.10. The number of carbonyl (C=O) groups is 3. The highest BCUT2D eigenvalue weighted by Gasteiger charge is 2.56. The largest absolute Gasteiger partial charge is 0.325 e.